The van der Waals surface area contributed by atoms with Crippen LogP contribution in [0.25, 0.3) is 0 Å². The Morgan fingerprint density at radius 2 is 2.21 bits per heavy atom. The monoisotopic (exact) mass is 196 g/mol. The number of aliphatic hydroxyl groups is 1. The summed E-state index contributed by atoms with van der Waals surface area (Å²) in [4.78, 5) is 0. The largest absolute Gasteiger partial charge is 0.396 e. The Balaban J connectivity index is 1.99. The molecule has 0 aromatic carbocycles. The molecule has 0 aliphatic heterocycles. The first-order valence-electron chi connectivity index (χ1n) is 6.35. The van der Waals surface area contributed by atoms with E-state index in [1.54, 1.807) is 0 Å². The maximum absolute atomic E-state index is 8.96. The van der Waals surface area contributed by atoms with Gasteiger partial charge in [0.15, 0.2) is 0 Å². The normalized spacial score (nSPS) is 42.4. The van der Waals surface area contributed by atoms with Gasteiger partial charge < -0.3 is 5.11 Å². The summed E-state index contributed by atoms with van der Waals surface area (Å²) in [6, 6.07) is 0. The van der Waals surface area contributed by atoms with E-state index in [4.69, 9.17) is 5.11 Å². The lowest BCUT2D eigenvalue weighted by molar-refractivity contribution is 0.0321. The van der Waals surface area contributed by atoms with E-state index < -0.39 is 0 Å². The zero-order chi connectivity index (χ0) is 10.0. The van der Waals surface area contributed by atoms with E-state index in [0.717, 1.165) is 18.3 Å². The summed E-state index contributed by atoms with van der Waals surface area (Å²) in [5.74, 6) is 1.96. The maximum atomic E-state index is 8.96. The molecule has 3 unspecified atom stereocenters. The van der Waals surface area contributed by atoms with Crippen molar-refractivity contribution in [3.63, 3.8) is 0 Å². The molecule has 0 aromatic rings. The summed E-state index contributed by atoms with van der Waals surface area (Å²) in [7, 11) is 0. The highest BCUT2D eigenvalue weighted by molar-refractivity contribution is 4.92. The summed E-state index contributed by atoms with van der Waals surface area (Å²) >= 11 is 0. The number of fused-ring (bicyclic) bond motifs is 2. The molecule has 2 aliphatic rings. The molecule has 0 spiro atoms. The van der Waals surface area contributed by atoms with Gasteiger partial charge in [-0.1, -0.05) is 19.8 Å². The molecule has 2 bridgehead atoms. The van der Waals surface area contributed by atoms with Gasteiger partial charge in [0.2, 0.25) is 0 Å². The van der Waals surface area contributed by atoms with Crippen molar-refractivity contribution in [1.82, 2.24) is 0 Å². The molecule has 1 nitrogen and oxygen atoms in total. The number of hydrogen-bond donors (Lipinski definition) is 1. The second-order valence-corrected chi connectivity index (χ2v) is 5.83. The standard InChI is InChI=1S/C13H24O/c1-11-8-12-4-2-5-13(9-11,10-12)6-3-7-14/h11-12,14H,2-10H2,1H3. The van der Waals surface area contributed by atoms with Crippen LogP contribution in [0.5, 0.6) is 0 Å². The zero-order valence-corrected chi connectivity index (χ0v) is 9.47. The van der Waals surface area contributed by atoms with Crippen LogP contribution >= 0.6 is 0 Å². The fraction of sp³-hybridized carbons (Fsp3) is 1.00. The number of aliphatic hydroxyl groups excluding tert-OH is 1. The van der Waals surface area contributed by atoms with Gasteiger partial charge in [-0.25, -0.2) is 0 Å². The highest BCUT2D eigenvalue weighted by Crippen LogP contribution is 2.53. The molecule has 14 heavy (non-hydrogen) atoms. The van der Waals surface area contributed by atoms with Crippen LogP contribution in [0.15, 0.2) is 0 Å². The Bertz CT molecular complexity index is 186. The summed E-state index contributed by atoms with van der Waals surface area (Å²) in [5.41, 5.74) is 0.642. The summed E-state index contributed by atoms with van der Waals surface area (Å²) < 4.78 is 0. The van der Waals surface area contributed by atoms with Gasteiger partial charge in [-0.15, -0.1) is 0 Å². The lowest BCUT2D eigenvalue weighted by atomic mass is 9.58. The van der Waals surface area contributed by atoms with Gasteiger partial charge in [-0.2, -0.15) is 0 Å². The van der Waals surface area contributed by atoms with Gasteiger partial charge in [0, 0.05) is 6.61 Å². The van der Waals surface area contributed by atoms with Crippen LogP contribution in [0.1, 0.15) is 58.3 Å². The predicted molar refractivity (Wildman–Crippen MR) is 59.1 cm³/mol. The van der Waals surface area contributed by atoms with Crippen molar-refractivity contribution in [2.75, 3.05) is 6.61 Å². The fourth-order valence-corrected chi connectivity index (χ4v) is 4.14. The van der Waals surface area contributed by atoms with Gasteiger partial charge in [0.1, 0.15) is 0 Å². The van der Waals surface area contributed by atoms with Crippen molar-refractivity contribution in [2.24, 2.45) is 17.3 Å². The van der Waals surface area contributed by atoms with Crippen molar-refractivity contribution >= 4 is 0 Å². The third kappa shape index (κ3) is 2.13. The smallest absolute Gasteiger partial charge is 0.0431 e. The van der Waals surface area contributed by atoms with Crippen LogP contribution < -0.4 is 0 Å². The van der Waals surface area contributed by atoms with E-state index in [9.17, 15) is 0 Å². The molecule has 1 N–H and O–H groups in total. The van der Waals surface area contributed by atoms with Crippen molar-refractivity contribution in [3.05, 3.63) is 0 Å². The molecule has 2 rings (SSSR count). The van der Waals surface area contributed by atoms with Gasteiger partial charge in [0.25, 0.3) is 0 Å². The number of hydrogen-bond acceptors (Lipinski definition) is 1. The topological polar surface area (TPSA) is 20.2 Å². The molecule has 2 aliphatic carbocycles. The Hall–Kier alpha value is -0.0400. The van der Waals surface area contributed by atoms with Gasteiger partial charge >= 0.3 is 0 Å². The van der Waals surface area contributed by atoms with Crippen LogP contribution in [-0.2, 0) is 0 Å². The van der Waals surface area contributed by atoms with Crippen molar-refractivity contribution < 1.29 is 5.11 Å². The van der Waals surface area contributed by atoms with Crippen LogP contribution in [0.3, 0.4) is 0 Å². The van der Waals surface area contributed by atoms with Crippen LogP contribution in [0.4, 0.5) is 0 Å². The van der Waals surface area contributed by atoms with E-state index >= 15 is 0 Å². The SMILES string of the molecule is CC1CC2CCCC(CCCO)(C1)C2. The predicted octanol–water partition coefficient (Wildman–Crippen LogP) is 3.37. The third-order valence-corrected chi connectivity index (χ3v) is 4.42. The molecule has 0 saturated heterocycles. The highest BCUT2D eigenvalue weighted by Gasteiger charge is 2.40. The first-order valence-corrected chi connectivity index (χ1v) is 6.35. The summed E-state index contributed by atoms with van der Waals surface area (Å²) in [6.07, 6.45) is 11.0. The second kappa shape index (κ2) is 4.22. The molecule has 2 saturated carbocycles. The third-order valence-electron chi connectivity index (χ3n) is 4.42. The Kier molecular flexibility index (Phi) is 3.16. The minimum Gasteiger partial charge on any atom is -0.396 e. The van der Waals surface area contributed by atoms with E-state index in [1.807, 2.05) is 0 Å². The van der Waals surface area contributed by atoms with Gasteiger partial charge in [-0.3, -0.25) is 0 Å². The van der Waals surface area contributed by atoms with Crippen LogP contribution in [-0.4, -0.2) is 11.7 Å². The minimum absolute atomic E-state index is 0.390. The lowest BCUT2D eigenvalue weighted by Gasteiger charge is -2.48. The van der Waals surface area contributed by atoms with Crippen molar-refractivity contribution in [1.29, 1.82) is 0 Å². The summed E-state index contributed by atoms with van der Waals surface area (Å²) in [5, 5.41) is 8.96. The molecule has 0 radical (unpaired) electrons. The fourth-order valence-electron chi connectivity index (χ4n) is 4.14. The number of rotatable bonds is 3. The molecular weight excluding hydrogens is 172 g/mol. The molecule has 0 aromatic heterocycles. The Morgan fingerprint density at radius 3 is 3.00 bits per heavy atom. The molecular formula is C13H24O. The molecule has 0 amide bonds. The van der Waals surface area contributed by atoms with Crippen LogP contribution in [0.2, 0.25) is 0 Å². The van der Waals surface area contributed by atoms with Crippen molar-refractivity contribution in [3.8, 4) is 0 Å². The average Bonchev–Trinajstić information content (AvgIpc) is 2.14. The van der Waals surface area contributed by atoms with Gasteiger partial charge in [0.05, 0.1) is 0 Å². The molecule has 0 heterocycles. The lowest BCUT2D eigenvalue weighted by Crippen LogP contribution is -2.36. The van der Waals surface area contributed by atoms with Crippen molar-refractivity contribution in [2.45, 2.75) is 58.3 Å². The van der Waals surface area contributed by atoms with E-state index in [-0.39, 0.29) is 0 Å². The Labute approximate surface area is 87.9 Å². The van der Waals surface area contributed by atoms with E-state index in [0.29, 0.717) is 12.0 Å². The Morgan fingerprint density at radius 1 is 1.36 bits per heavy atom. The second-order valence-electron chi connectivity index (χ2n) is 5.83. The molecule has 3 atom stereocenters. The first-order chi connectivity index (χ1) is 6.74. The van der Waals surface area contributed by atoms with E-state index in [2.05, 4.69) is 6.92 Å². The first kappa shape index (κ1) is 10.5. The zero-order valence-electron chi connectivity index (χ0n) is 9.47. The highest BCUT2D eigenvalue weighted by atomic mass is 16.2. The quantitative estimate of drug-likeness (QED) is 0.734. The maximum Gasteiger partial charge on any atom is 0.0431 e. The van der Waals surface area contributed by atoms with Gasteiger partial charge in [-0.05, 0) is 55.8 Å². The molecule has 82 valence electrons. The van der Waals surface area contributed by atoms with E-state index in [1.165, 1.54) is 44.9 Å². The molecule has 2 fully saturated rings. The summed E-state index contributed by atoms with van der Waals surface area (Å²) in [6.45, 7) is 2.81. The van der Waals surface area contributed by atoms with Crippen LogP contribution in [0, 0.1) is 17.3 Å². The molecule has 1 heteroatoms. The minimum atomic E-state index is 0.390. The average molecular weight is 196 g/mol.